The number of ether oxygens (including phenoxy) is 1. The van der Waals surface area contributed by atoms with Crippen molar-refractivity contribution in [3.63, 3.8) is 0 Å². The lowest BCUT2D eigenvalue weighted by atomic mass is 9.74. The highest BCUT2D eigenvalue weighted by molar-refractivity contribution is 14.0. The van der Waals surface area contributed by atoms with Gasteiger partial charge in [-0.05, 0) is 45.2 Å². The number of aliphatic imine (C=N–C) groups is 1. The Kier molecular flexibility index (Phi) is 7.76. The van der Waals surface area contributed by atoms with Crippen LogP contribution < -0.4 is 11.1 Å². The van der Waals surface area contributed by atoms with Crippen LogP contribution in [0.4, 0.5) is 13.2 Å². The molecule has 0 atom stereocenters. The highest BCUT2D eigenvalue weighted by atomic mass is 127. The largest absolute Gasteiger partial charge is 0.416 e. The summed E-state index contributed by atoms with van der Waals surface area (Å²) in [5.74, 6) is 0.297. The molecular weight excluding hydrogens is 458 g/mol. The molecule has 1 aliphatic heterocycles. The zero-order valence-corrected chi connectivity index (χ0v) is 17.7. The van der Waals surface area contributed by atoms with Crippen molar-refractivity contribution in [2.24, 2.45) is 10.7 Å². The number of nitrogens with two attached hydrogens (primary N) is 1. The minimum absolute atomic E-state index is 0. The van der Waals surface area contributed by atoms with Gasteiger partial charge in [0, 0.05) is 24.2 Å². The van der Waals surface area contributed by atoms with Crippen molar-refractivity contribution in [1.29, 1.82) is 0 Å². The van der Waals surface area contributed by atoms with Gasteiger partial charge in [-0.25, -0.2) is 0 Å². The van der Waals surface area contributed by atoms with E-state index in [1.165, 1.54) is 12.1 Å². The van der Waals surface area contributed by atoms with Gasteiger partial charge in [0.2, 0.25) is 0 Å². The van der Waals surface area contributed by atoms with Crippen LogP contribution in [0.3, 0.4) is 0 Å². The van der Waals surface area contributed by atoms with Gasteiger partial charge in [0.05, 0.1) is 12.1 Å². The summed E-state index contributed by atoms with van der Waals surface area (Å²) in [5, 5.41) is 3.08. The third-order valence-corrected chi connectivity index (χ3v) is 4.31. The molecule has 1 aromatic carbocycles. The molecule has 0 amide bonds. The molecule has 0 bridgehead atoms. The second kappa shape index (κ2) is 8.77. The molecule has 4 nitrogen and oxygen atoms in total. The summed E-state index contributed by atoms with van der Waals surface area (Å²) >= 11 is 0. The quantitative estimate of drug-likeness (QED) is 0.386. The fourth-order valence-corrected chi connectivity index (χ4v) is 2.99. The van der Waals surface area contributed by atoms with Crippen LogP contribution in [0, 0.1) is 0 Å². The van der Waals surface area contributed by atoms with E-state index in [2.05, 4.69) is 10.3 Å². The summed E-state index contributed by atoms with van der Waals surface area (Å²) < 4.78 is 44.6. The van der Waals surface area contributed by atoms with Gasteiger partial charge in [0.1, 0.15) is 0 Å². The van der Waals surface area contributed by atoms with Crippen LogP contribution in [0.1, 0.15) is 44.7 Å². The topological polar surface area (TPSA) is 59.6 Å². The van der Waals surface area contributed by atoms with E-state index in [0.29, 0.717) is 44.1 Å². The number of hydrogen-bond donors (Lipinski definition) is 2. The maximum atomic E-state index is 13.1. The summed E-state index contributed by atoms with van der Waals surface area (Å²) in [6.07, 6.45) is -3.14. The van der Waals surface area contributed by atoms with Gasteiger partial charge >= 0.3 is 6.18 Å². The standard InChI is InChI=1S/C18H26F3N3O.HI/c1-16(2,3)24-15(22)23-12-17(7-9-25-10-8-17)13-5-4-6-14(11-13)18(19,20)21;/h4-6,11H,7-10,12H2,1-3H3,(H3,22,23,24);1H. The Labute approximate surface area is 169 Å². The third-order valence-electron chi connectivity index (χ3n) is 4.31. The summed E-state index contributed by atoms with van der Waals surface area (Å²) in [6, 6.07) is 5.52. The number of nitrogens with one attached hydrogen (secondary N) is 1. The summed E-state index contributed by atoms with van der Waals surface area (Å²) in [5.41, 5.74) is 5.21. The van der Waals surface area contributed by atoms with Crippen molar-refractivity contribution < 1.29 is 17.9 Å². The highest BCUT2D eigenvalue weighted by Gasteiger charge is 2.37. The lowest BCUT2D eigenvalue weighted by Gasteiger charge is -2.37. The molecule has 0 spiro atoms. The molecule has 1 aromatic rings. The van der Waals surface area contributed by atoms with E-state index >= 15 is 0 Å². The molecule has 1 aliphatic rings. The Bertz CT molecular complexity index is 621. The van der Waals surface area contributed by atoms with Crippen LogP contribution in [0.2, 0.25) is 0 Å². The molecule has 0 radical (unpaired) electrons. The van der Waals surface area contributed by atoms with Gasteiger partial charge in [-0.3, -0.25) is 4.99 Å². The lowest BCUT2D eigenvalue weighted by molar-refractivity contribution is -0.137. The SMILES string of the molecule is CC(C)(C)NC(N)=NCC1(c2cccc(C(F)(F)F)c2)CCOCC1.I. The van der Waals surface area contributed by atoms with E-state index in [-0.39, 0.29) is 29.5 Å². The fourth-order valence-electron chi connectivity index (χ4n) is 2.99. The van der Waals surface area contributed by atoms with E-state index in [0.717, 1.165) is 6.07 Å². The average Bonchev–Trinajstić information content (AvgIpc) is 2.52. The third kappa shape index (κ3) is 6.29. The Morgan fingerprint density at radius 1 is 1.23 bits per heavy atom. The molecule has 1 saturated heterocycles. The highest BCUT2D eigenvalue weighted by Crippen LogP contribution is 2.38. The minimum atomic E-state index is -4.36. The molecule has 1 fully saturated rings. The number of alkyl halides is 3. The smallest absolute Gasteiger partial charge is 0.381 e. The second-order valence-electron chi connectivity index (χ2n) is 7.55. The second-order valence-corrected chi connectivity index (χ2v) is 7.55. The molecule has 26 heavy (non-hydrogen) atoms. The van der Waals surface area contributed by atoms with Crippen LogP contribution in [0.15, 0.2) is 29.3 Å². The first-order valence-electron chi connectivity index (χ1n) is 8.35. The number of nitrogens with zero attached hydrogens (tertiary/aromatic N) is 1. The van der Waals surface area contributed by atoms with Crippen LogP contribution >= 0.6 is 24.0 Å². The maximum Gasteiger partial charge on any atom is 0.416 e. The van der Waals surface area contributed by atoms with E-state index in [1.54, 1.807) is 6.07 Å². The molecule has 1 heterocycles. The average molecular weight is 485 g/mol. The Balaban J connectivity index is 0.00000338. The molecule has 3 N–H and O–H groups in total. The Morgan fingerprint density at radius 2 is 1.85 bits per heavy atom. The molecular formula is C18H27F3IN3O. The predicted molar refractivity (Wildman–Crippen MR) is 108 cm³/mol. The first kappa shape index (κ1) is 23.0. The monoisotopic (exact) mass is 485 g/mol. The number of halogens is 4. The first-order valence-corrected chi connectivity index (χ1v) is 8.35. The minimum Gasteiger partial charge on any atom is -0.381 e. The van der Waals surface area contributed by atoms with Gasteiger partial charge in [0.15, 0.2) is 5.96 Å². The first-order chi connectivity index (χ1) is 11.5. The van der Waals surface area contributed by atoms with Crippen molar-refractivity contribution in [2.75, 3.05) is 19.8 Å². The van der Waals surface area contributed by atoms with Crippen LogP contribution in [0.5, 0.6) is 0 Å². The van der Waals surface area contributed by atoms with Gasteiger partial charge in [0.25, 0.3) is 0 Å². The van der Waals surface area contributed by atoms with Crippen molar-refractivity contribution in [3.05, 3.63) is 35.4 Å². The molecule has 0 saturated carbocycles. The van der Waals surface area contributed by atoms with Crippen molar-refractivity contribution in [3.8, 4) is 0 Å². The molecule has 8 heteroatoms. The fraction of sp³-hybridized carbons (Fsp3) is 0.611. The van der Waals surface area contributed by atoms with Crippen LogP contribution in [-0.4, -0.2) is 31.3 Å². The van der Waals surface area contributed by atoms with Gasteiger partial charge < -0.3 is 15.8 Å². The number of rotatable bonds is 3. The van der Waals surface area contributed by atoms with Crippen molar-refractivity contribution >= 4 is 29.9 Å². The maximum absolute atomic E-state index is 13.1. The number of hydrogen-bond acceptors (Lipinski definition) is 2. The van der Waals surface area contributed by atoms with E-state index < -0.39 is 17.2 Å². The molecule has 2 rings (SSSR count). The Morgan fingerprint density at radius 3 is 2.38 bits per heavy atom. The van der Waals surface area contributed by atoms with Crippen LogP contribution in [-0.2, 0) is 16.3 Å². The van der Waals surface area contributed by atoms with Crippen molar-refractivity contribution in [1.82, 2.24) is 5.32 Å². The Hall–Kier alpha value is -1.03. The zero-order chi connectivity index (χ0) is 18.7. The van der Waals surface area contributed by atoms with Gasteiger partial charge in [-0.1, -0.05) is 18.2 Å². The van der Waals surface area contributed by atoms with Crippen molar-refractivity contribution in [2.45, 2.75) is 50.7 Å². The van der Waals surface area contributed by atoms with E-state index in [1.807, 2.05) is 20.8 Å². The van der Waals surface area contributed by atoms with Crippen LogP contribution in [0.25, 0.3) is 0 Å². The summed E-state index contributed by atoms with van der Waals surface area (Å²) in [7, 11) is 0. The predicted octanol–water partition coefficient (Wildman–Crippen LogP) is 4.07. The summed E-state index contributed by atoms with van der Waals surface area (Å²) in [4.78, 5) is 4.42. The number of benzene rings is 1. The number of guanidine groups is 1. The summed E-state index contributed by atoms with van der Waals surface area (Å²) in [6.45, 7) is 7.22. The normalized spacial score (nSPS) is 18.2. The molecule has 0 aromatic heterocycles. The molecule has 148 valence electrons. The zero-order valence-electron chi connectivity index (χ0n) is 15.3. The molecule has 0 unspecified atom stereocenters. The lowest BCUT2D eigenvalue weighted by Crippen LogP contribution is -2.46. The van der Waals surface area contributed by atoms with Gasteiger partial charge in [-0.15, -0.1) is 24.0 Å². The van der Waals surface area contributed by atoms with E-state index in [4.69, 9.17) is 10.5 Å². The van der Waals surface area contributed by atoms with E-state index in [9.17, 15) is 13.2 Å². The van der Waals surface area contributed by atoms with Gasteiger partial charge in [-0.2, -0.15) is 13.2 Å². The molecule has 0 aliphatic carbocycles.